The van der Waals surface area contributed by atoms with E-state index in [1.165, 1.54) is 6.26 Å². The van der Waals surface area contributed by atoms with Crippen LogP contribution in [0, 0.1) is 11.8 Å². The Balaban J connectivity index is 2.20. The smallest absolute Gasteiger partial charge is 0.337 e. The van der Waals surface area contributed by atoms with Gasteiger partial charge < -0.3 is 19.7 Å². The molecule has 0 saturated carbocycles. The van der Waals surface area contributed by atoms with E-state index in [0.29, 0.717) is 17.6 Å². The molecule has 1 heterocycles. The first-order valence-electron chi connectivity index (χ1n) is 5.69. The Bertz CT molecular complexity index is 376. The summed E-state index contributed by atoms with van der Waals surface area (Å²) in [7, 11) is -0.448. The molecule has 0 aromatic rings. The molecule has 16 heavy (non-hydrogen) atoms. The molecule has 2 rings (SSSR count). The SMILES string of the molecule is [2H]COC(=O)C1=CO[C@@H](O)[C@@H]2C(CO)=CC[C@H]12. The summed E-state index contributed by atoms with van der Waals surface area (Å²) < 4.78 is 16.4. The predicted molar refractivity (Wildman–Crippen MR) is 54.0 cm³/mol. The first-order valence-corrected chi connectivity index (χ1v) is 4.98. The monoisotopic (exact) mass is 227 g/mol. The van der Waals surface area contributed by atoms with Gasteiger partial charge in [-0.3, -0.25) is 0 Å². The van der Waals surface area contributed by atoms with Gasteiger partial charge in [0.1, 0.15) is 0 Å². The van der Waals surface area contributed by atoms with Gasteiger partial charge >= 0.3 is 5.97 Å². The molecule has 0 saturated heterocycles. The van der Waals surface area contributed by atoms with E-state index >= 15 is 0 Å². The minimum Gasteiger partial charge on any atom is -0.472 e. The molecule has 0 unspecified atom stereocenters. The number of ether oxygens (including phenoxy) is 2. The van der Waals surface area contributed by atoms with Gasteiger partial charge in [0, 0.05) is 5.92 Å². The quantitative estimate of drug-likeness (QED) is 0.511. The third kappa shape index (κ3) is 1.62. The Labute approximate surface area is 94.4 Å². The average Bonchev–Trinajstić information content (AvgIpc) is 2.74. The summed E-state index contributed by atoms with van der Waals surface area (Å²) in [6.45, 7) is -0.164. The zero-order valence-electron chi connectivity index (χ0n) is 9.63. The van der Waals surface area contributed by atoms with Crippen molar-refractivity contribution in [3.05, 3.63) is 23.5 Å². The Morgan fingerprint density at radius 3 is 3.31 bits per heavy atom. The molecule has 5 nitrogen and oxygen atoms in total. The second-order valence-corrected chi connectivity index (χ2v) is 3.84. The third-order valence-electron chi connectivity index (χ3n) is 3.09. The van der Waals surface area contributed by atoms with Crippen molar-refractivity contribution in [3.8, 4) is 0 Å². The van der Waals surface area contributed by atoms with Crippen LogP contribution in [0.15, 0.2) is 23.5 Å². The lowest BCUT2D eigenvalue weighted by atomic mass is 9.83. The number of carbonyl (C=O) groups excluding carboxylic acids is 1. The molecular formula is C11H14O5. The zero-order valence-corrected chi connectivity index (χ0v) is 8.63. The van der Waals surface area contributed by atoms with Crippen LogP contribution in [0.25, 0.3) is 0 Å². The van der Waals surface area contributed by atoms with Crippen LogP contribution < -0.4 is 0 Å². The van der Waals surface area contributed by atoms with E-state index in [1.807, 2.05) is 0 Å². The van der Waals surface area contributed by atoms with Gasteiger partial charge in [-0.25, -0.2) is 4.79 Å². The van der Waals surface area contributed by atoms with E-state index in [2.05, 4.69) is 4.74 Å². The first-order chi connectivity index (χ1) is 8.19. The number of carbonyl (C=O) groups is 1. The van der Waals surface area contributed by atoms with Crippen LogP contribution in [0.3, 0.4) is 0 Å². The van der Waals surface area contributed by atoms with Crippen molar-refractivity contribution < 1.29 is 25.9 Å². The van der Waals surface area contributed by atoms with Crippen LogP contribution >= 0.6 is 0 Å². The second-order valence-electron chi connectivity index (χ2n) is 3.84. The number of hydrogen-bond acceptors (Lipinski definition) is 5. The van der Waals surface area contributed by atoms with Crippen molar-refractivity contribution in [2.45, 2.75) is 12.7 Å². The standard InChI is InChI=1S/C11H14O5/c1-15-10(13)8-5-16-11(14)9-6(4-12)2-3-7(8)9/h2,5,7,9,11-12,14H,3-4H2,1H3/t7-,9-,11-/m1/s1/i1D. The molecule has 88 valence electrons. The molecule has 3 atom stereocenters. The van der Waals surface area contributed by atoms with Gasteiger partial charge in [0.2, 0.25) is 6.29 Å². The third-order valence-corrected chi connectivity index (χ3v) is 3.09. The lowest BCUT2D eigenvalue weighted by Crippen LogP contribution is -2.35. The maximum atomic E-state index is 11.6. The van der Waals surface area contributed by atoms with Gasteiger partial charge in [0.25, 0.3) is 0 Å². The average molecular weight is 227 g/mol. The number of allylic oxidation sites excluding steroid dienone is 1. The van der Waals surface area contributed by atoms with E-state index in [4.69, 9.17) is 11.2 Å². The highest BCUT2D eigenvalue weighted by atomic mass is 16.6. The van der Waals surface area contributed by atoms with Crippen molar-refractivity contribution in [3.63, 3.8) is 0 Å². The van der Waals surface area contributed by atoms with E-state index in [-0.39, 0.29) is 12.5 Å². The molecule has 0 amide bonds. The minimum atomic E-state index is -1.05. The summed E-state index contributed by atoms with van der Waals surface area (Å²) in [6.07, 6.45) is 2.50. The van der Waals surface area contributed by atoms with Crippen LogP contribution in [0.5, 0.6) is 0 Å². The molecule has 0 aromatic heterocycles. The van der Waals surface area contributed by atoms with Gasteiger partial charge in [0.15, 0.2) is 0 Å². The number of rotatable bonds is 2. The van der Waals surface area contributed by atoms with E-state index in [0.717, 1.165) is 0 Å². The Morgan fingerprint density at radius 2 is 2.62 bits per heavy atom. The molecule has 0 spiro atoms. The van der Waals surface area contributed by atoms with Crippen molar-refractivity contribution in [2.24, 2.45) is 11.8 Å². The van der Waals surface area contributed by atoms with Crippen molar-refractivity contribution in [1.82, 2.24) is 0 Å². The van der Waals surface area contributed by atoms with E-state index < -0.39 is 25.3 Å². The molecule has 2 N–H and O–H groups in total. The molecule has 0 aromatic carbocycles. The molecule has 5 heteroatoms. The topological polar surface area (TPSA) is 76.0 Å². The van der Waals surface area contributed by atoms with Gasteiger partial charge in [0.05, 0.1) is 32.8 Å². The Morgan fingerprint density at radius 1 is 1.81 bits per heavy atom. The molecule has 1 aliphatic heterocycles. The highest BCUT2D eigenvalue weighted by Gasteiger charge is 2.43. The second kappa shape index (κ2) is 4.27. The van der Waals surface area contributed by atoms with Crippen molar-refractivity contribution in [2.75, 3.05) is 13.7 Å². The molecule has 0 fully saturated rings. The Hall–Kier alpha value is -1.33. The summed E-state index contributed by atoms with van der Waals surface area (Å²) in [5.74, 6) is -1.24. The van der Waals surface area contributed by atoms with Crippen LogP contribution in [-0.2, 0) is 14.3 Å². The van der Waals surface area contributed by atoms with Crippen LogP contribution in [0.4, 0.5) is 0 Å². The normalized spacial score (nSPS) is 33.1. The Kier molecular flexibility index (Phi) is 2.63. The van der Waals surface area contributed by atoms with Crippen LogP contribution in [0.1, 0.15) is 7.79 Å². The van der Waals surface area contributed by atoms with Crippen LogP contribution in [-0.4, -0.2) is 36.2 Å². The number of methoxy groups -OCH3 is 1. The zero-order chi connectivity index (χ0) is 12.4. The predicted octanol–water partition coefficient (Wildman–Crippen LogP) is -0.0533. The fraction of sp³-hybridized carbons (Fsp3) is 0.545. The highest BCUT2D eigenvalue weighted by Crippen LogP contribution is 2.42. The van der Waals surface area contributed by atoms with E-state index in [9.17, 15) is 9.90 Å². The minimum absolute atomic E-state index is 0.164. The molecule has 2 aliphatic rings. The van der Waals surface area contributed by atoms with Gasteiger partial charge in [-0.1, -0.05) is 6.08 Å². The first kappa shape index (κ1) is 9.86. The number of fused-ring (bicyclic) bond motifs is 1. The fourth-order valence-corrected chi connectivity index (χ4v) is 2.29. The number of hydrogen-bond donors (Lipinski definition) is 2. The van der Waals surface area contributed by atoms with Crippen molar-refractivity contribution >= 4 is 5.97 Å². The number of aliphatic hydroxyl groups excluding tert-OH is 2. The maximum absolute atomic E-state index is 11.6. The molecule has 0 radical (unpaired) electrons. The summed E-state index contributed by atoms with van der Waals surface area (Å²) >= 11 is 0. The summed E-state index contributed by atoms with van der Waals surface area (Å²) in [5.41, 5.74) is 0.985. The molecular weight excluding hydrogens is 212 g/mol. The number of esters is 1. The van der Waals surface area contributed by atoms with Crippen LogP contribution in [0.2, 0.25) is 0 Å². The summed E-state index contributed by atoms with van der Waals surface area (Å²) in [5, 5.41) is 18.9. The van der Waals surface area contributed by atoms with Gasteiger partial charge in [-0.15, -0.1) is 0 Å². The summed E-state index contributed by atoms with van der Waals surface area (Å²) in [6, 6.07) is 0. The summed E-state index contributed by atoms with van der Waals surface area (Å²) in [4.78, 5) is 11.6. The van der Waals surface area contributed by atoms with Gasteiger partial charge in [-0.05, 0) is 12.0 Å². The van der Waals surface area contributed by atoms with E-state index in [1.54, 1.807) is 6.08 Å². The lowest BCUT2D eigenvalue weighted by molar-refractivity contribution is -0.141. The largest absolute Gasteiger partial charge is 0.472 e. The van der Waals surface area contributed by atoms with Crippen molar-refractivity contribution in [1.29, 1.82) is 0 Å². The molecule has 1 aliphatic carbocycles. The molecule has 0 bridgehead atoms. The van der Waals surface area contributed by atoms with Gasteiger partial charge in [-0.2, -0.15) is 0 Å². The highest BCUT2D eigenvalue weighted by molar-refractivity contribution is 5.89. The fourth-order valence-electron chi connectivity index (χ4n) is 2.29. The maximum Gasteiger partial charge on any atom is 0.337 e. The lowest BCUT2D eigenvalue weighted by Gasteiger charge is -2.31. The number of aliphatic hydroxyl groups is 2.